The maximum absolute atomic E-state index is 6.07. The van der Waals surface area contributed by atoms with Crippen LogP contribution >= 0.6 is 0 Å². The van der Waals surface area contributed by atoms with Crippen molar-refractivity contribution in [2.75, 3.05) is 6.61 Å². The molecule has 21 heavy (non-hydrogen) atoms. The lowest BCUT2D eigenvalue weighted by molar-refractivity contribution is 0.0833. The number of ether oxygens (including phenoxy) is 1. The summed E-state index contributed by atoms with van der Waals surface area (Å²) in [6.07, 6.45) is 2.68. The number of hydrogen-bond donors (Lipinski definition) is 1. The third-order valence-corrected chi connectivity index (χ3v) is 3.31. The normalized spacial score (nSPS) is 14.0. The van der Waals surface area contributed by atoms with Gasteiger partial charge in [-0.15, -0.1) is 0 Å². The van der Waals surface area contributed by atoms with Crippen molar-refractivity contribution in [3.8, 4) is 0 Å². The monoisotopic (exact) mass is 289 g/mol. The van der Waals surface area contributed by atoms with Crippen LogP contribution in [0.1, 0.15) is 62.5 Å². The van der Waals surface area contributed by atoms with E-state index < -0.39 is 0 Å². The van der Waals surface area contributed by atoms with Crippen molar-refractivity contribution in [1.29, 1.82) is 0 Å². The topological polar surface area (TPSA) is 74.2 Å². The molecule has 0 aliphatic rings. The number of nitrogens with two attached hydrogens (primary N) is 1. The number of unbranched alkanes of at least 4 members (excludes halogenated alkanes) is 1. The fourth-order valence-electron chi connectivity index (χ4n) is 2.17. The average molecular weight is 289 g/mol. The van der Waals surface area contributed by atoms with Gasteiger partial charge in [0.25, 0.3) is 0 Å². The first-order valence-corrected chi connectivity index (χ1v) is 7.51. The molecular weight excluding hydrogens is 266 g/mol. The Balaban J connectivity index is 2.16. The first kappa shape index (κ1) is 15.7. The summed E-state index contributed by atoms with van der Waals surface area (Å²) in [7, 11) is 0. The van der Waals surface area contributed by atoms with Crippen molar-refractivity contribution >= 4 is 0 Å². The summed E-state index contributed by atoms with van der Waals surface area (Å²) in [4.78, 5) is 4.43. The van der Waals surface area contributed by atoms with Crippen LogP contribution in [0.5, 0.6) is 0 Å². The molecule has 5 nitrogen and oxygen atoms in total. The molecule has 2 unspecified atom stereocenters. The van der Waals surface area contributed by atoms with E-state index in [1.807, 2.05) is 37.3 Å². The van der Waals surface area contributed by atoms with Gasteiger partial charge in [0.05, 0.1) is 6.04 Å². The third-order valence-electron chi connectivity index (χ3n) is 3.31. The minimum absolute atomic E-state index is 0.204. The second-order valence-corrected chi connectivity index (χ2v) is 4.99. The predicted octanol–water partition coefficient (Wildman–Crippen LogP) is 3.39. The lowest BCUT2D eigenvalue weighted by Gasteiger charge is -2.13. The first-order valence-electron chi connectivity index (χ1n) is 7.51. The first-order chi connectivity index (χ1) is 10.3. The van der Waals surface area contributed by atoms with E-state index in [9.17, 15) is 0 Å². The second-order valence-electron chi connectivity index (χ2n) is 4.99. The van der Waals surface area contributed by atoms with Crippen LogP contribution in [0.2, 0.25) is 0 Å². The maximum atomic E-state index is 6.07. The van der Waals surface area contributed by atoms with Crippen molar-refractivity contribution in [1.82, 2.24) is 10.1 Å². The SMILES string of the molecule is CCCCC(N)c1nc(C(OCC)c2ccccc2)no1. The number of nitrogens with zero attached hydrogens (tertiary/aromatic N) is 2. The van der Waals surface area contributed by atoms with E-state index in [1.54, 1.807) is 0 Å². The zero-order valence-corrected chi connectivity index (χ0v) is 12.7. The molecule has 0 saturated carbocycles. The second kappa shape index (κ2) is 7.90. The molecule has 0 radical (unpaired) electrons. The van der Waals surface area contributed by atoms with Gasteiger partial charge in [-0.1, -0.05) is 55.3 Å². The van der Waals surface area contributed by atoms with E-state index in [0.29, 0.717) is 18.3 Å². The smallest absolute Gasteiger partial charge is 0.243 e. The Morgan fingerprint density at radius 3 is 2.67 bits per heavy atom. The van der Waals surface area contributed by atoms with Gasteiger partial charge in [-0.25, -0.2) is 0 Å². The molecule has 0 fully saturated rings. The summed E-state index contributed by atoms with van der Waals surface area (Å²) in [5, 5.41) is 4.05. The van der Waals surface area contributed by atoms with Crippen LogP contribution in [0.4, 0.5) is 0 Å². The molecule has 114 valence electrons. The molecular formula is C16H23N3O2. The van der Waals surface area contributed by atoms with Gasteiger partial charge in [0.2, 0.25) is 11.7 Å². The summed E-state index contributed by atoms with van der Waals surface area (Å²) in [5.74, 6) is 1.02. The van der Waals surface area contributed by atoms with Gasteiger partial charge >= 0.3 is 0 Å². The Bertz CT molecular complexity index is 527. The van der Waals surface area contributed by atoms with Crippen molar-refractivity contribution in [3.05, 3.63) is 47.6 Å². The van der Waals surface area contributed by atoms with E-state index >= 15 is 0 Å². The molecule has 1 aromatic heterocycles. The fraction of sp³-hybridized carbons (Fsp3) is 0.500. The van der Waals surface area contributed by atoms with Gasteiger partial charge in [0.15, 0.2) is 0 Å². The van der Waals surface area contributed by atoms with Crippen LogP contribution in [0.15, 0.2) is 34.9 Å². The zero-order valence-electron chi connectivity index (χ0n) is 12.7. The summed E-state index contributed by atoms with van der Waals surface area (Å²) < 4.78 is 11.1. The number of hydrogen-bond acceptors (Lipinski definition) is 5. The summed E-state index contributed by atoms with van der Waals surface area (Å²) in [6.45, 7) is 4.65. The number of rotatable bonds is 8. The minimum Gasteiger partial charge on any atom is -0.366 e. The number of aromatic nitrogens is 2. The standard InChI is InChI=1S/C16H23N3O2/c1-3-5-11-13(17)16-18-15(19-21-16)14(20-4-2)12-9-7-6-8-10-12/h6-10,13-14H,3-5,11,17H2,1-2H3. The van der Waals surface area contributed by atoms with Gasteiger partial charge in [-0.3, -0.25) is 0 Å². The molecule has 2 N–H and O–H groups in total. The third kappa shape index (κ3) is 4.12. The van der Waals surface area contributed by atoms with Crippen LogP contribution in [0.3, 0.4) is 0 Å². The Morgan fingerprint density at radius 1 is 1.24 bits per heavy atom. The molecule has 0 aliphatic heterocycles. The average Bonchev–Trinajstić information content (AvgIpc) is 3.00. The van der Waals surface area contributed by atoms with E-state index in [2.05, 4.69) is 17.1 Å². The van der Waals surface area contributed by atoms with Gasteiger partial charge < -0.3 is 15.0 Å². The molecule has 0 bridgehead atoms. The van der Waals surface area contributed by atoms with E-state index in [4.69, 9.17) is 15.0 Å². The molecule has 5 heteroatoms. The van der Waals surface area contributed by atoms with Crippen molar-refractivity contribution in [3.63, 3.8) is 0 Å². The van der Waals surface area contributed by atoms with Crippen molar-refractivity contribution in [2.45, 2.75) is 45.3 Å². The minimum atomic E-state index is -0.313. The van der Waals surface area contributed by atoms with Crippen LogP contribution in [0.25, 0.3) is 0 Å². The predicted molar refractivity (Wildman–Crippen MR) is 80.7 cm³/mol. The lowest BCUT2D eigenvalue weighted by atomic mass is 10.1. The van der Waals surface area contributed by atoms with Gasteiger partial charge in [0.1, 0.15) is 6.10 Å². The van der Waals surface area contributed by atoms with Crippen molar-refractivity contribution in [2.24, 2.45) is 5.73 Å². The molecule has 0 amide bonds. The highest BCUT2D eigenvalue weighted by molar-refractivity contribution is 5.22. The molecule has 1 aromatic carbocycles. The molecule has 2 rings (SSSR count). The molecule has 1 heterocycles. The molecule has 0 saturated heterocycles. The Kier molecular flexibility index (Phi) is 5.90. The van der Waals surface area contributed by atoms with Gasteiger partial charge in [-0.2, -0.15) is 4.98 Å². The van der Waals surface area contributed by atoms with Crippen LogP contribution in [0, 0.1) is 0 Å². The van der Waals surface area contributed by atoms with E-state index in [-0.39, 0.29) is 12.1 Å². The Morgan fingerprint density at radius 2 is 2.00 bits per heavy atom. The number of benzene rings is 1. The van der Waals surface area contributed by atoms with Crippen LogP contribution in [-0.2, 0) is 4.74 Å². The highest BCUT2D eigenvalue weighted by Crippen LogP contribution is 2.25. The van der Waals surface area contributed by atoms with Gasteiger partial charge in [0, 0.05) is 6.61 Å². The molecule has 2 atom stereocenters. The van der Waals surface area contributed by atoms with Crippen LogP contribution < -0.4 is 5.73 Å². The highest BCUT2D eigenvalue weighted by atomic mass is 16.5. The fourth-order valence-corrected chi connectivity index (χ4v) is 2.17. The largest absolute Gasteiger partial charge is 0.366 e. The van der Waals surface area contributed by atoms with Crippen LogP contribution in [-0.4, -0.2) is 16.7 Å². The quantitative estimate of drug-likeness (QED) is 0.806. The molecule has 0 aliphatic carbocycles. The van der Waals surface area contributed by atoms with Gasteiger partial charge in [-0.05, 0) is 18.9 Å². The summed E-state index contributed by atoms with van der Waals surface area (Å²) in [6, 6.07) is 9.68. The molecule has 2 aromatic rings. The molecule has 0 spiro atoms. The highest BCUT2D eigenvalue weighted by Gasteiger charge is 2.22. The Labute approximate surface area is 125 Å². The summed E-state index contributed by atoms with van der Waals surface area (Å²) >= 11 is 0. The summed E-state index contributed by atoms with van der Waals surface area (Å²) in [5.41, 5.74) is 7.08. The Hall–Kier alpha value is -1.72. The zero-order chi connectivity index (χ0) is 15.1. The lowest BCUT2D eigenvalue weighted by Crippen LogP contribution is -2.12. The van der Waals surface area contributed by atoms with E-state index in [0.717, 1.165) is 24.8 Å². The van der Waals surface area contributed by atoms with Crippen molar-refractivity contribution < 1.29 is 9.26 Å². The maximum Gasteiger partial charge on any atom is 0.243 e. The van der Waals surface area contributed by atoms with E-state index in [1.165, 1.54) is 0 Å².